The zero-order valence-corrected chi connectivity index (χ0v) is 16.5. The second-order valence-electron chi connectivity index (χ2n) is 6.83. The smallest absolute Gasteiger partial charge is 0.257 e. The molecule has 0 aromatic heterocycles. The molecule has 2 aromatic carbocycles. The topological polar surface area (TPSA) is 54.0 Å². The van der Waals surface area contributed by atoms with Crippen LogP contribution in [0.5, 0.6) is 11.5 Å². The molecule has 0 spiro atoms. The molecule has 0 saturated carbocycles. The number of hydrogen-bond donors (Lipinski definition) is 1. The van der Waals surface area contributed by atoms with Crippen LogP contribution in [-0.2, 0) is 4.79 Å². The summed E-state index contributed by atoms with van der Waals surface area (Å²) in [5.74, 6) is 1.33. The minimum absolute atomic E-state index is 0.0298. The third-order valence-corrected chi connectivity index (χ3v) is 4.90. The standard InChI is InChI=1S/C22H29N3O3/c1-27-20-8-10-21(11-9-20)28-18-22(26)23-12-5-13-24-14-16-25(17-15-24)19-6-3-2-4-7-19/h2-4,6-11H,5,12-18H2,1H3,(H,23,26). The van der Waals surface area contributed by atoms with E-state index in [9.17, 15) is 4.79 Å². The van der Waals surface area contributed by atoms with Crippen LogP contribution < -0.4 is 19.7 Å². The predicted octanol–water partition coefficient (Wildman–Crippen LogP) is 2.40. The molecule has 6 heteroatoms. The van der Waals surface area contributed by atoms with E-state index in [2.05, 4.69) is 45.4 Å². The zero-order valence-electron chi connectivity index (χ0n) is 16.5. The van der Waals surface area contributed by atoms with Crippen LogP contribution in [0.4, 0.5) is 5.69 Å². The highest BCUT2D eigenvalue weighted by atomic mass is 16.5. The lowest BCUT2D eigenvalue weighted by molar-refractivity contribution is -0.123. The van der Waals surface area contributed by atoms with Gasteiger partial charge >= 0.3 is 0 Å². The lowest BCUT2D eigenvalue weighted by Crippen LogP contribution is -2.47. The van der Waals surface area contributed by atoms with E-state index in [1.165, 1.54) is 5.69 Å². The second-order valence-corrected chi connectivity index (χ2v) is 6.83. The van der Waals surface area contributed by atoms with Crippen LogP contribution in [0.2, 0.25) is 0 Å². The molecule has 0 radical (unpaired) electrons. The number of amides is 1. The van der Waals surface area contributed by atoms with Gasteiger partial charge in [-0.3, -0.25) is 9.69 Å². The number of ether oxygens (including phenoxy) is 2. The Hall–Kier alpha value is -2.73. The molecule has 150 valence electrons. The van der Waals surface area contributed by atoms with Crippen molar-refractivity contribution in [2.24, 2.45) is 0 Å². The van der Waals surface area contributed by atoms with Gasteiger partial charge in [0.2, 0.25) is 0 Å². The third kappa shape index (κ3) is 6.16. The van der Waals surface area contributed by atoms with Crippen molar-refractivity contribution in [3.63, 3.8) is 0 Å². The summed E-state index contributed by atoms with van der Waals surface area (Å²) in [7, 11) is 1.62. The average molecular weight is 383 g/mol. The monoisotopic (exact) mass is 383 g/mol. The number of para-hydroxylation sites is 1. The largest absolute Gasteiger partial charge is 0.497 e. The van der Waals surface area contributed by atoms with Crippen LogP contribution in [0.25, 0.3) is 0 Å². The summed E-state index contributed by atoms with van der Waals surface area (Å²) < 4.78 is 10.6. The van der Waals surface area contributed by atoms with Gasteiger partial charge in [-0.1, -0.05) is 18.2 Å². The number of nitrogens with one attached hydrogen (secondary N) is 1. The van der Waals surface area contributed by atoms with Crippen molar-refractivity contribution in [3.8, 4) is 11.5 Å². The van der Waals surface area contributed by atoms with Crippen molar-refractivity contribution in [1.29, 1.82) is 0 Å². The van der Waals surface area contributed by atoms with Crippen molar-refractivity contribution in [1.82, 2.24) is 10.2 Å². The molecule has 28 heavy (non-hydrogen) atoms. The number of carbonyl (C=O) groups excluding carboxylic acids is 1. The molecule has 0 unspecified atom stereocenters. The molecule has 1 aliphatic rings. The average Bonchev–Trinajstić information content (AvgIpc) is 2.76. The van der Waals surface area contributed by atoms with Crippen LogP contribution in [0, 0.1) is 0 Å². The predicted molar refractivity (Wildman–Crippen MR) is 111 cm³/mol. The minimum Gasteiger partial charge on any atom is -0.497 e. The van der Waals surface area contributed by atoms with Crippen molar-refractivity contribution < 1.29 is 14.3 Å². The molecule has 0 bridgehead atoms. The number of benzene rings is 2. The molecule has 6 nitrogen and oxygen atoms in total. The summed E-state index contributed by atoms with van der Waals surface area (Å²) in [5, 5.41) is 2.92. The van der Waals surface area contributed by atoms with Crippen molar-refractivity contribution in [2.75, 3.05) is 57.9 Å². The molecule has 3 rings (SSSR count). The molecule has 0 aliphatic carbocycles. The number of piperazine rings is 1. The van der Waals surface area contributed by atoms with E-state index in [4.69, 9.17) is 9.47 Å². The first kappa shape index (κ1) is 20.0. The molecule has 0 atom stereocenters. The maximum atomic E-state index is 11.9. The Morgan fingerprint density at radius 2 is 1.64 bits per heavy atom. The van der Waals surface area contributed by atoms with Gasteiger partial charge in [-0.2, -0.15) is 0 Å². The Morgan fingerprint density at radius 3 is 2.32 bits per heavy atom. The van der Waals surface area contributed by atoms with E-state index in [-0.39, 0.29) is 12.5 Å². The number of carbonyl (C=O) groups is 1. The van der Waals surface area contributed by atoms with Gasteiger partial charge in [-0.15, -0.1) is 0 Å². The van der Waals surface area contributed by atoms with Gasteiger partial charge in [-0.25, -0.2) is 0 Å². The molecule has 1 heterocycles. The second kappa shape index (κ2) is 10.6. The van der Waals surface area contributed by atoms with Gasteiger partial charge in [0.1, 0.15) is 11.5 Å². The van der Waals surface area contributed by atoms with Crippen molar-refractivity contribution >= 4 is 11.6 Å². The van der Waals surface area contributed by atoms with Crippen LogP contribution in [0.1, 0.15) is 6.42 Å². The Morgan fingerprint density at radius 1 is 0.964 bits per heavy atom. The van der Waals surface area contributed by atoms with Crippen molar-refractivity contribution in [2.45, 2.75) is 6.42 Å². The first-order valence-corrected chi connectivity index (χ1v) is 9.80. The van der Waals surface area contributed by atoms with E-state index < -0.39 is 0 Å². The number of nitrogens with zero attached hydrogens (tertiary/aromatic N) is 2. The summed E-state index contributed by atoms with van der Waals surface area (Å²) in [6, 6.07) is 17.8. The highest BCUT2D eigenvalue weighted by Crippen LogP contribution is 2.17. The van der Waals surface area contributed by atoms with Gasteiger partial charge in [0.15, 0.2) is 6.61 Å². The van der Waals surface area contributed by atoms with Crippen molar-refractivity contribution in [3.05, 3.63) is 54.6 Å². The highest BCUT2D eigenvalue weighted by molar-refractivity contribution is 5.77. The summed E-state index contributed by atoms with van der Waals surface area (Å²) in [4.78, 5) is 16.8. The summed E-state index contributed by atoms with van der Waals surface area (Å²) in [5.41, 5.74) is 1.30. The summed E-state index contributed by atoms with van der Waals surface area (Å²) in [6.07, 6.45) is 0.944. The van der Waals surface area contributed by atoms with Gasteiger partial charge in [0.05, 0.1) is 7.11 Å². The van der Waals surface area contributed by atoms with Crippen LogP contribution in [0.3, 0.4) is 0 Å². The van der Waals surface area contributed by atoms with Gasteiger partial charge < -0.3 is 19.7 Å². The van der Waals surface area contributed by atoms with Gasteiger partial charge in [-0.05, 0) is 49.4 Å². The maximum Gasteiger partial charge on any atom is 0.257 e. The molecular formula is C22H29N3O3. The van der Waals surface area contributed by atoms with Crippen LogP contribution >= 0.6 is 0 Å². The van der Waals surface area contributed by atoms with Gasteiger partial charge in [0, 0.05) is 38.4 Å². The lowest BCUT2D eigenvalue weighted by atomic mass is 10.2. The Labute approximate surface area is 167 Å². The first-order chi connectivity index (χ1) is 13.7. The first-order valence-electron chi connectivity index (χ1n) is 9.80. The summed E-state index contributed by atoms with van der Waals surface area (Å²) >= 11 is 0. The minimum atomic E-state index is -0.0929. The molecule has 1 saturated heterocycles. The van der Waals surface area contributed by atoms with Gasteiger partial charge in [0.25, 0.3) is 5.91 Å². The maximum absolute atomic E-state index is 11.9. The highest BCUT2D eigenvalue weighted by Gasteiger charge is 2.16. The third-order valence-electron chi connectivity index (χ3n) is 4.90. The van der Waals surface area contributed by atoms with E-state index in [0.29, 0.717) is 12.3 Å². The number of anilines is 1. The Bertz CT molecular complexity index is 714. The molecule has 1 fully saturated rings. The molecule has 1 amide bonds. The quantitative estimate of drug-likeness (QED) is 0.674. The SMILES string of the molecule is COc1ccc(OCC(=O)NCCCN2CCN(c3ccccc3)CC2)cc1. The van der Waals surface area contributed by atoms with E-state index in [0.717, 1.165) is 44.9 Å². The van der Waals surface area contributed by atoms with Crippen LogP contribution in [0.15, 0.2) is 54.6 Å². The Balaban J connectivity index is 1.26. The summed E-state index contributed by atoms with van der Waals surface area (Å²) in [6.45, 7) is 5.92. The number of methoxy groups -OCH3 is 1. The fourth-order valence-electron chi connectivity index (χ4n) is 3.27. The molecule has 1 aliphatic heterocycles. The molecule has 2 aromatic rings. The molecular weight excluding hydrogens is 354 g/mol. The normalized spacial score (nSPS) is 14.5. The number of hydrogen-bond acceptors (Lipinski definition) is 5. The zero-order chi connectivity index (χ0) is 19.6. The van der Waals surface area contributed by atoms with E-state index in [1.54, 1.807) is 19.2 Å². The molecule has 1 N–H and O–H groups in total. The van der Waals surface area contributed by atoms with E-state index in [1.807, 2.05) is 12.1 Å². The van der Waals surface area contributed by atoms with Crippen LogP contribution in [-0.4, -0.2) is 63.8 Å². The van der Waals surface area contributed by atoms with E-state index >= 15 is 0 Å². The fraction of sp³-hybridized carbons (Fsp3) is 0.409. The fourth-order valence-corrected chi connectivity index (χ4v) is 3.27. The lowest BCUT2D eigenvalue weighted by Gasteiger charge is -2.36. The Kier molecular flexibility index (Phi) is 7.55. The number of rotatable bonds is 9.